The molecular formula is C14H20N2O3. The second kappa shape index (κ2) is 6.65. The summed E-state index contributed by atoms with van der Waals surface area (Å²) in [6.45, 7) is 4.18. The standard InChI is InChI=1S/C14H20N2O3/c15-13(14(17)18)9-11-3-1-2-4-12(11)10-16-5-7-19-8-6-16/h1-4,13H,5-10,15H2,(H,17,18). The van der Waals surface area contributed by atoms with Crippen molar-refractivity contribution in [2.45, 2.75) is 19.0 Å². The van der Waals surface area contributed by atoms with Gasteiger partial charge in [-0.25, -0.2) is 0 Å². The zero-order valence-electron chi connectivity index (χ0n) is 10.9. The van der Waals surface area contributed by atoms with Crippen LogP contribution in [0.1, 0.15) is 11.1 Å². The van der Waals surface area contributed by atoms with Crippen LogP contribution >= 0.6 is 0 Å². The highest BCUT2D eigenvalue weighted by Crippen LogP contribution is 2.14. The van der Waals surface area contributed by atoms with Crippen molar-refractivity contribution in [3.63, 3.8) is 0 Å². The van der Waals surface area contributed by atoms with Crippen LogP contribution < -0.4 is 5.73 Å². The molecule has 1 aliphatic rings. The molecular weight excluding hydrogens is 244 g/mol. The van der Waals surface area contributed by atoms with Crippen LogP contribution in [-0.4, -0.2) is 48.3 Å². The molecule has 1 aromatic carbocycles. The Morgan fingerprint density at radius 3 is 2.58 bits per heavy atom. The Morgan fingerprint density at radius 2 is 1.95 bits per heavy atom. The van der Waals surface area contributed by atoms with Crippen molar-refractivity contribution in [3.05, 3.63) is 35.4 Å². The van der Waals surface area contributed by atoms with Gasteiger partial charge in [0.05, 0.1) is 13.2 Å². The molecule has 1 fully saturated rings. The number of carboxylic acid groups (broad SMARTS) is 1. The number of benzene rings is 1. The van der Waals surface area contributed by atoms with Gasteiger partial charge in [0, 0.05) is 19.6 Å². The first kappa shape index (κ1) is 14.0. The van der Waals surface area contributed by atoms with E-state index in [1.165, 1.54) is 0 Å². The average Bonchev–Trinajstić information content (AvgIpc) is 2.42. The summed E-state index contributed by atoms with van der Waals surface area (Å²) in [5.41, 5.74) is 7.79. The molecule has 1 aromatic rings. The Balaban J connectivity index is 2.04. The van der Waals surface area contributed by atoms with Gasteiger partial charge in [-0.3, -0.25) is 9.69 Å². The Bertz CT molecular complexity index is 430. The van der Waals surface area contributed by atoms with Crippen molar-refractivity contribution in [2.24, 2.45) is 5.73 Å². The largest absolute Gasteiger partial charge is 0.480 e. The van der Waals surface area contributed by atoms with Gasteiger partial charge < -0.3 is 15.6 Å². The maximum atomic E-state index is 10.9. The third-order valence-electron chi connectivity index (χ3n) is 3.37. The van der Waals surface area contributed by atoms with E-state index >= 15 is 0 Å². The molecule has 0 bridgehead atoms. The number of nitrogens with two attached hydrogens (primary N) is 1. The highest BCUT2D eigenvalue weighted by molar-refractivity contribution is 5.73. The van der Waals surface area contributed by atoms with Gasteiger partial charge in [0.15, 0.2) is 0 Å². The van der Waals surface area contributed by atoms with Crippen LogP contribution in [-0.2, 0) is 22.5 Å². The quantitative estimate of drug-likeness (QED) is 0.808. The van der Waals surface area contributed by atoms with Crippen molar-refractivity contribution in [1.82, 2.24) is 4.90 Å². The number of rotatable bonds is 5. The number of morpholine rings is 1. The third-order valence-corrected chi connectivity index (χ3v) is 3.37. The smallest absolute Gasteiger partial charge is 0.320 e. The normalized spacial score (nSPS) is 18.2. The number of carboxylic acids is 1. The number of hydrogen-bond acceptors (Lipinski definition) is 4. The van der Waals surface area contributed by atoms with Crippen molar-refractivity contribution in [3.8, 4) is 0 Å². The third kappa shape index (κ3) is 4.02. The lowest BCUT2D eigenvalue weighted by Crippen LogP contribution is -2.36. The molecule has 3 N–H and O–H groups in total. The zero-order valence-corrected chi connectivity index (χ0v) is 10.9. The van der Waals surface area contributed by atoms with E-state index in [2.05, 4.69) is 4.90 Å². The van der Waals surface area contributed by atoms with Crippen LogP contribution in [0.15, 0.2) is 24.3 Å². The fraction of sp³-hybridized carbons (Fsp3) is 0.500. The van der Waals surface area contributed by atoms with Crippen LogP contribution in [0, 0.1) is 0 Å². The first-order chi connectivity index (χ1) is 9.16. The second-order valence-electron chi connectivity index (χ2n) is 4.81. The van der Waals surface area contributed by atoms with Crippen LogP contribution in [0.4, 0.5) is 0 Å². The van der Waals surface area contributed by atoms with Crippen LogP contribution in [0.2, 0.25) is 0 Å². The molecule has 0 spiro atoms. The maximum absolute atomic E-state index is 10.9. The van der Waals surface area contributed by atoms with Crippen LogP contribution in [0.25, 0.3) is 0 Å². The molecule has 1 aliphatic heterocycles. The zero-order chi connectivity index (χ0) is 13.7. The van der Waals surface area contributed by atoms with Gasteiger partial charge in [-0.1, -0.05) is 24.3 Å². The Morgan fingerprint density at radius 1 is 1.32 bits per heavy atom. The van der Waals surface area contributed by atoms with Crippen molar-refractivity contribution >= 4 is 5.97 Å². The summed E-state index contributed by atoms with van der Waals surface area (Å²) in [4.78, 5) is 13.2. The van der Waals surface area contributed by atoms with Gasteiger partial charge in [0.1, 0.15) is 6.04 Å². The summed E-state index contributed by atoms with van der Waals surface area (Å²) in [5.74, 6) is -0.957. The Labute approximate surface area is 113 Å². The van der Waals surface area contributed by atoms with Crippen LogP contribution in [0.3, 0.4) is 0 Å². The molecule has 104 valence electrons. The Kier molecular flexibility index (Phi) is 4.90. The van der Waals surface area contributed by atoms with Crippen molar-refractivity contribution < 1.29 is 14.6 Å². The lowest BCUT2D eigenvalue weighted by Gasteiger charge is -2.27. The molecule has 0 aromatic heterocycles. The summed E-state index contributed by atoms with van der Waals surface area (Å²) in [6.07, 6.45) is 0.371. The van der Waals surface area contributed by atoms with E-state index in [-0.39, 0.29) is 0 Å². The second-order valence-corrected chi connectivity index (χ2v) is 4.81. The molecule has 2 rings (SSSR count). The number of nitrogens with zero attached hydrogens (tertiary/aromatic N) is 1. The van der Waals surface area contributed by atoms with Gasteiger partial charge in [-0.05, 0) is 17.5 Å². The number of aliphatic carboxylic acids is 1. The first-order valence-corrected chi connectivity index (χ1v) is 6.52. The van der Waals surface area contributed by atoms with E-state index in [0.29, 0.717) is 6.42 Å². The van der Waals surface area contributed by atoms with Crippen molar-refractivity contribution in [1.29, 1.82) is 0 Å². The van der Waals surface area contributed by atoms with E-state index in [1.807, 2.05) is 24.3 Å². The molecule has 0 saturated carbocycles. The molecule has 1 heterocycles. The molecule has 1 atom stereocenters. The minimum atomic E-state index is -0.957. The maximum Gasteiger partial charge on any atom is 0.320 e. The Hall–Kier alpha value is -1.43. The lowest BCUT2D eigenvalue weighted by molar-refractivity contribution is -0.138. The van der Waals surface area contributed by atoms with Gasteiger partial charge in [-0.2, -0.15) is 0 Å². The minimum absolute atomic E-state index is 0.371. The fourth-order valence-corrected chi connectivity index (χ4v) is 2.24. The highest BCUT2D eigenvalue weighted by Gasteiger charge is 2.16. The molecule has 0 amide bonds. The predicted molar refractivity (Wildman–Crippen MR) is 71.9 cm³/mol. The van der Waals surface area contributed by atoms with Gasteiger partial charge in [0.25, 0.3) is 0 Å². The summed E-state index contributed by atoms with van der Waals surface area (Å²) in [6, 6.07) is 7.06. The topological polar surface area (TPSA) is 75.8 Å². The lowest BCUT2D eigenvalue weighted by atomic mass is 10.00. The predicted octanol–water partition coefficient (Wildman–Crippen LogP) is 0.473. The van der Waals surface area contributed by atoms with Crippen molar-refractivity contribution in [2.75, 3.05) is 26.3 Å². The fourth-order valence-electron chi connectivity index (χ4n) is 2.24. The van der Waals surface area contributed by atoms with E-state index in [9.17, 15) is 4.79 Å². The van der Waals surface area contributed by atoms with E-state index in [4.69, 9.17) is 15.6 Å². The number of ether oxygens (including phenoxy) is 1. The van der Waals surface area contributed by atoms with Crippen LogP contribution in [0.5, 0.6) is 0 Å². The van der Waals surface area contributed by atoms with Gasteiger partial charge in [0.2, 0.25) is 0 Å². The first-order valence-electron chi connectivity index (χ1n) is 6.52. The molecule has 0 aliphatic carbocycles. The molecule has 5 heteroatoms. The molecule has 0 radical (unpaired) electrons. The summed E-state index contributed by atoms with van der Waals surface area (Å²) in [5, 5.41) is 8.90. The van der Waals surface area contributed by atoms with Gasteiger partial charge >= 0.3 is 5.97 Å². The highest BCUT2D eigenvalue weighted by atomic mass is 16.5. The number of hydrogen-bond donors (Lipinski definition) is 2. The molecule has 1 unspecified atom stereocenters. The molecule has 1 saturated heterocycles. The van der Waals surface area contributed by atoms with E-state index in [1.54, 1.807) is 0 Å². The van der Waals surface area contributed by atoms with Gasteiger partial charge in [-0.15, -0.1) is 0 Å². The minimum Gasteiger partial charge on any atom is -0.480 e. The summed E-state index contributed by atoms with van der Waals surface area (Å²) in [7, 11) is 0. The molecule has 19 heavy (non-hydrogen) atoms. The molecule has 5 nitrogen and oxygen atoms in total. The SMILES string of the molecule is NC(Cc1ccccc1CN1CCOCC1)C(=O)O. The summed E-state index contributed by atoms with van der Waals surface area (Å²) < 4.78 is 5.32. The monoisotopic (exact) mass is 264 g/mol. The van der Waals surface area contributed by atoms with E-state index < -0.39 is 12.0 Å². The summed E-state index contributed by atoms with van der Waals surface area (Å²) >= 11 is 0. The van der Waals surface area contributed by atoms with E-state index in [0.717, 1.165) is 44.0 Å². The number of carbonyl (C=O) groups is 1. The average molecular weight is 264 g/mol.